The van der Waals surface area contributed by atoms with Gasteiger partial charge in [-0.2, -0.15) is 0 Å². The van der Waals surface area contributed by atoms with Crippen LogP contribution in [0, 0.1) is 5.92 Å². The lowest BCUT2D eigenvalue weighted by atomic mass is 9.95. The molecule has 122 valence electrons. The molecule has 0 unspecified atom stereocenters. The second-order valence-corrected chi connectivity index (χ2v) is 5.58. The average Bonchev–Trinajstić information content (AvgIpc) is 2.59. The molecule has 0 saturated carbocycles. The van der Waals surface area contributed by atoms with Crippen LogP contribution in [0.25, 0.3) is 0 Å². The van der Waals surface area contributed by atoms with Gasteiger partial charge in [0.05, 0.1) is 0 Å². The highest BCUT2D eigenvalue weighted by Crippen LogP contribution is 2.17. The normalized spacial score (nSPS) is 15.0. The Bertz CT molecular complexity index is 602. The lowest BCUT2D eigenvalue weighted by molar-refractivity contribution is -0.132. The fourth-order valence-corrected chi connectivity index (χ4v) is 2.61. The number of likely N-dealkylation sites (tertiary alicyclic amines) is 1. The number of carbonyl (C=O) groups is 3. The highest BCUT2D eigenvalue weighted by atomic mass is 16.2. The minimum absolute atomic E-state index is 0.00493. The third-order valence-electron chi connectivity index (χ3n) is 4.06. The Kier molecular flexibility index (Phi) is 5.51. The summed E-state index contributed by atoms with van der Waals surface area (Å²) in [7, 11) is 0. The summed E-state index contributed by atoms with van der Waals surface area (Å²) in [6.07, 6.45) is 2.62. The molecule has 6 heteroatoms. The molecule has 0 atom stereocenters. The zero-order valence-electron chi connectivity index (χ0n) is 13.0. The molecule has 1 aliphatic heterocycles. The molecule has 0 aromatic heterocycles. The number of carbonyl (C=O) groups excluding carboxylic acids is 3. The van der Waals surface area contributed by atoms with Crippen molar-refractivity contribution in [3.63, 3.8) is 0 Å². The van der Waals surface area contributed by atoms with Gasteiger partial charge < -0.3 is 16.0 Å². The second kappa shape index (κ2) is 7.58. The van der Waals surface area contributed by atoms with Crippen molar-refractivity contribution in [1.29, 1.82) is 0 Å². The summed E-state index contributed by atoms with van der Waals surface area (Å²) in [5, 5.41) is 2.90. The maximum absolute atomic E-state index is 12.2. The number of piperidine rings is 1. The van der Waals surface area contributed by atoms with Gasteiger partial charge in [0.15, 0.2) is 0 Å². The average molecular weight is 315 g/mol. The molecule has 1 aromatic carbocycles. The van der Waals surface area contributed by atoms with E-state index in [0.717, 1.165) is 5.56 Å². The van der Waals surface area contributed by atoms with Gasteiger partial charge in [-0.3, -0.25) is 14.4 Å². The molecule has 0 radical (unpaired) electrons. The maximum atomic E-state index is 12.2. The van der Waals surface area contributed by atoms with Crippen molar-refractivity contribution in [3.8, 4) is 0 Å². The van der Waals surface area contributed by atoms with Crippen LogP contribution in [-0.2, 0) is 16.1 Å². The van der Waals surface area contributed by atoms with Crippen molar-refractivity contribution in [1.82, 2.24) is 10.2 Å². The van der Waals surface area contributed by atoms with Crippen LogP contribution in [0.2, 0.25) is 0 Å². The summed E-state index contributed by atoms with van der Waals surface area (Å²) in [5.74, 6) is -0.636. The van der Waals surface area contributed by atoms with Crippen molar-refractivity contribution >= 4 is 17.7 Å². The van der Waals surface area contributed by atoms with Gasteiger partial charge in [-0.05, 0) is 36.6 Å². The van der Waals surface area contributed by atoms with Crippen molar-refractivity contribution < 1.29 is 14.4 Å². The van der Waals surface area contributed by atoms with Crippen molar-refractivity contribution in [3.05, 3.63) is 48.0 Å². The summed E-state index contributed by atoms with van der Waals surface area (Å²) < 4.78 is 0. The van der Waals surface area contributed by atoms with E-state index in [1.165, 1.54) is 6.08 Å². The predicted molar refractivity (Wildman–Crippen MR) is 86.3 cm³/mol. The number of nitrogens with one attached hydrogen (secondary N) is 1. The third kappa shape index (κ3) is 4.42. The molecular weight excluding hydrogens is 294 g/mol. The van der Waals surface area contributed by atoms with Crippen LogP contribution in [0.5, 0.6) is 0 Å². The summed E-state index contributed by atoms with van der Waals surface area (Å²) >= 11 is 0. The van der Waals surface area contributed by atoms with Crippen LogP contribution >= 0.6 is 0 Å². The zero-order chi connectivity index (χ0) is 16.8. The van der Waals surface area contributed by atoms with Gasteiger partial charge in [-0.25, -0.2) is 0 Å². The van der Waals surface area contributed by atoms with E-state index in [1.807, 2.05) is 0 Å². The molecule has 3 N–H and O–H groups in total. The summed E-state index contributed by atoms with van der Waals surface area (Å²) in [5.41, 5.74) is 6.53. The predicted octanol–water partition coefficient (Wildman–Crippen LogP) is 0.826. The molecule has 0 bridgehead atoms. The van der Waals surface area contributed by atoms with Crippen LogP contribution in [0.15, 0.2) is 36.9 Å². The summed E-state index contributed by atoms with van der Waals surface area (Å²) in [6.45, 7) is 5.04. The molecule has 1 aliphatic rings. The number of amides is 3. The van der Waals surface area contributed by atoms with Gasteiger partial charge in [-0.15, -0.1) is 0 Å². The molecule has 3 amide bonds. The first-order valence-electron chi connectivity index (χ1n) is 7.59. The maximum Gasteiger partial charge on any atom is 0.248 e. The molecule has 1 saturated heterocycles. The highest BCUT2D eigenvalue weighted by molar-refractivity contribution is 5.92. The number of hydrogen-bond donors (Lipinski definition) is 2. The van der Waals surface area contributed by atoms with E-state index < -0.39 is 5.91 Å². The van der Waals surface area contributed by atoms with Crippen molar-refractivity contribution in [2.45, 2.75) is 19.4 Å². The molecule has 1 heterocycles. The van der Waals surface area contributed by atoms with Crippen LogP contribution in [-0.4, -0.2) is 35.7 Å². The zero-order valence-corrected chi connectivity index (χ0v) is 13.0. The molecule has 1 aromatic rings. The van der Waals surface area contributed by atoms with E-state index >= 15 is 0 Å². The molecule has 1 fully saturated rings. The Morgan fingerprint density at radius 2 is 1.83 bits per heavy atom. The van der Waals surface area contributed by atoms with Gasteiger partial charge in [0, 0.05) is 31.1 Å². The monoisotopic (exact) mass is 315 g/mol. The fourth-order valence-electron chi connectivity index (χ4n) is 2.61. The number of rotatable bonds is 5. The van der Waals surface area contributed by atoms with E-state index in [-0.39, 0.29) is 17.7 Å². The van der Waals surface area contributed by atoms with Crippen LogP contribution in [0.1, 0.15) is 28.8 Å². The molecular formula is C17H21N3O3. The van der Waals surface area contributed by atoms with Crippen LogP contribution in [0.3, 0.4) is 0 Å². The van der Waals surface area contributed by atoms with E-state index in [2.05, 4.69) is 11.9 Å². The lowest BCUT2D eigenvalue weighted by Crippen LogP contribution is -2.42. The first kappa shape index (κ1) is 16.7. The van der Waals surface area contributed by atoms with E-state index in [1.54, 1.807) is 29.2 Å². The Hall–Kier alpha value is -2.63. The smallest absolute Gasteiger partial charge is 0.248 e. The van der Waals surface area contributed by atoms with Crippen LogP contribution in [0.4, 0.5) is 0 Å². The van der Waals surface area contributed by atoms with Gasteiger partial charge >= 0.3 is 0 Å². The lowest BCUT2D eigenvalue weighted by Gasteiger charge is -2.30. The van der Waals surface area contributed by atoms with E-state index in [9.17, 15) is 14.4 Å². The standard InChI is InChI=1S/C17H21N3O3/c1-2-15(21)20-9-7-14(8-10-20)17(23)19-11-12-3-5-13(6-4-12)16(18)22/h2-6,14H,1,7-11H2,(H2,18,22)(H,19,23). The van der Waals surface area contributed by atoms with Crippen LogP contribution < -0.4 is 11.1 Å². The SMILES string of the molecule is C=CC(=O)N1CCC(C(=O)NCc2ccc(C(N)=O)cc2)CC1. The molecule has 0 spiro atoms. The summed E-state index contributed by atoms with van der Waals surface area (Å²) in [6, 6.07) is 6.82. The largest absolute Gasteiger partial charge is 0.366 e. The Morgan fingerprint density at radius 3 is 2.35 bits per heavy atom. The molecule has 2 rings (SSSR count). The Morgan fingerprint density at radius 1 is 1.22 bits per heavy atom. The Labute approximate surface area is 135 Å². The van der Waals surface area contributed by atoms with Crippen molar-refractivity contribution in [2.24, 2.45) is 11.7 Å². The van der Waals surface area contributed by atoms with Gasteiger partial charge in [0.25, 0.3) is 0 Å². The first-order chi connectivity index (χ1) is 11.0. The topological polar surface area (TPSA) is 92.5 Å². The quantitative estimate of drug-likeness (QED) is 0.788. The third-order valence-corrected chi connectivity index (χ3v) is 4.06. The van der Waals surface area contributed by atoms with Gasteiger partial charge in [0.2, 0.25) is 17.7 Å². The van der Waals surface area contributed by atoms with Crippen molar-refractivity contribution in [2.75, 3.05) is 13.1 Å². The number of benzene rings is 1. The minimum Gasteiger partial charge on any atom is -0.366 e. The van der Waals surface area contributed by atoms with Gasteiger partial charge in [-0.1, -0.05) is 18.7 Å². The van der Waals surface area contributed by atoms with E-state index in [4.69, 9.17) is 5.73 Å². The molecule has 6 nitrogen and oxygen atoms in total. The number of hydrogen-bond acceptors (Lipinski definition) is 3. The fraction of sp³-hybridized carbons (Fsp3) is 0.353. The number of primary amides is 1. The molecule has 0 aliphatic carbocycles. The second-order valence-electron chi connectivity index (χ2n) is 5.58. The first-order valence-corrected chi connectivity index (χ1v) is 7.59. The highest BCUT2D eigenvalue weighted by Gasteiger charge is 2.26. The van der Waals surface area contributed by atoms with E-state index in [0.29, 0.717) is 38.0 Å². The summed E-state index contributed by atoms with van der Waals surface area (Å²) in [4.78, 5) is 36.4. The number of nitrogens with two attached hydrogens (primary N) is 1. The Balaban J connectivity index is 1.80. The number of nitrogens with zero attached hydrogens (tertiary/aromatic N) is 1. The minimum atomic E-state index is -0.471. The van der Waals surface area contributed by atoms with Gasteiger partial charge in [0.1, 0.15) is 0 Å². The molecule has 23 heavy (non-hydrogen) atoms.